The van der Waals surface area contributed by atoms with E-state index in [2.05, 4.69) is 25.3 Å². The topological polar surface area (TPSA) is 106 Å². The van der Waals surface area contributed by atoms with Gasteiger partial charge in [0.1, 0.15) is 17.1 Å². The number of nitrogens with zero attached hydrogens (tertiary/aromatic N) is 4. The molecule has 23 heavy (non-hydrogen) atoms. The van der Waals surface area contributed by atoms with Gasteiger partial charge in [0, 0.05) is 36.7 Å². The molecule has 1 aliphatic rings. The highest BCUT2D eigenvalue weighted by Gasteiger charge is 2.54. The molecule has 3 rings (SSSR count). The van der Waals surface area contributed by atoms with E-state index in [0.717, 1.165) is 5.69 Å². The first-order valence-electron chi connectivity index (χ1n) is 7.20. The van der Waals surface area contributed by atoms with Gasteiger partial charge in [0.15, 0.2) is 0 Å². The number of aromatic nitrogens is 3. The van der Waals surface area contributed by atoms with Gasteiger partial charge in [-0.1, -0.05) is 0 Å². The van der Waals surface area contributed by atoms with Crippen molar-refractivity contribution >= 4 is 17.4 Å². The van der Waals surface area contributed by atoms with Crippen LogP contribution in [-0.4, -0.2) is 26.7 Å². The van der Waals surface area contributed by atoms with Crippen molar-refractivity contribution in [1.82, 2.24) is 15.0 Å². The van der Waals surface area contributed by atoms with Gasteiger partial charge in [0.05, 0.1) is 0 Å². The quantitative estimate of drug-likeness (QED) is 0.639. The molecule has 3 N–H and O–H groups in total. The summed E-state index contributed by atoms with van der Waals surface area (Å²) < 4.78 is 0. The zero-order valence-electron chi connectivity index (χ0n) is 12.4. The zero-order chi connectivity index (χ0) is 16.1. The standard InChI is InChI=1S/C16H16N6O/c17-13(4-11-19-12-2-9-18-10-3-12)22-15(23)16(5-6-16)14-20-7-1-8-21-14/h1-4,7-11H,5-6H2,(H,18,19)(H2,17,22,23)/b11-4-. The highest BCUT2D eigenvalue weighted by atomic mass is 16.2. The molecule has 0 bridgehead atoms. The Balaban J connectivity index is 1.65. The average molecular weight is 308 g/mol. The summed E-state index contributed by atoms with van der Waals surface area (Å²) in [4.78, 5) is 28.6. The van der Waals surface area contributed by atoms with Crippen molar-refractivity contribution in [3.05, 3.63) is 61.1 Å². The first kappa shape index (κ1) is 14.8. The molecule has 2 aromatic heterocycles. The second kappa shape index (κ2) is 6.35. The predicted octanol–water partition coefficient (Wildman–Crippen LogP) is 1.41. The van der Waals surface area contributed by atoms with Crippen LogP contribution < -0.4 is 11.1 Å². The van der Waals surface area contributed by atoms with E-state index in [1.807, 2.05) is 12.1 Å². The van der Waals surface area contributed by atoms with E-state index in [4.69, 9.17) is 5.73 Å². The van der Waals surface area contributed by atoms with Crippen molar-refractivity contribution in [3.8, 4) is 0 Å². The Kier molecular flexibility index (Phi) is 4.09. The summed E-state index contributed by atoms with van der Waals surface area (Å²) in [5.41, 5.74) is 5.96. The van der Waals surface area contributed by atoms with Crippen LogP contribution in [0, 0.1) is 0 Å². The number of carbonyl (C=O) groups excluding carboxylic acids is 1. The lowest BCUT2D eigenvalue weighted by atomic mass is 10.1. The lowest BCUT2D eigenvalue weighted by Gasteiger charge is -2.08. The molecular formula is C16H16N6O. The van der Waals surface area contributed by atoms with Crippen LogP contribution in [0.4, 0.5) is 5.69 Å². The van der Waals surface area contributed by atoms with Gasteiger partial charge in [-0.05, 0) is 37.1 Å². The van der Waals surface area contributed by atoms with Gasteiger partial charge in [-0.3, -0.25) is 9.78 Å². The van der Waals surface area contributed by atoms with Gasteiger partial charge in [-0.15, -0.1) is 0 Å². The molecule has 2 aromatic rings. The third kappa shape index (κ3) is 3.39. The van der Waals surface area contributed by atoms with E-state index >= 15 is 0 Å². The van der Waals surface area contributed by atoms with Gasteiger partial charge in [-0.2, -0.15) is 4.99 Å². The van der Waals surface area contributed by atoms with Gasteiger partial charge in [0.25, 0.3) is 5.91 Å². The summed E-state index contributed by atoms with van der Waals surface area (Å²) in [7, 11) is 0. The van der Waals surface area contributed by atoms with Crippen LogP contribution in [0.3, 0.4) is 0 Å². The van der Waals surface area contributed by atoms with Crippen molar-refractivity contribution in [3.63, 3.8) is 0 Å². The largest absolute Gasteiger partial charge is 0.384 e. The summed E-state index contributed by atoms with van der Waals surface area (Å²) in [6.45, 7) is 0. The highest BCUT2D eigenvalue weighted by molar-refractivity contribution is 6.04. The molecule has 0 aliphatic heterocycles. The van der Waals surface area contributed by atoms with Crippen LogP contribution in [0.15, 0.2) is 60.3 Å². The highest BCUT2D eigenvalue weighted by Crippen LogP contribution is 2.47. The minimum absolute atomic E-state index is 0.138. The third-order valence-corrected chi connectivity index (χ3v) is 3.57. The van der Waals surface area contributed by atoms with Crippen LogP contribution in [0.25, 0.3) is 0 Å². The van der Waals surface area contributed by atoms with E-state index in [1.54, 1.807) is 43.1 Å². The van der Waals surface area contributed by atoms with Crippen LogP contribution in [0.5, 0.6) is 0 Å². The summed E-state index contributed by atoms with van der Waals surface area (Å²) in [5, 5.41) is 3.02. The summed E-state index contributed by atoms with van der Waals surface area (Å²) >= 11 is 0. The minimum atomic E-state index is -0.696. The van der Waals surface area contributed by atoms with Crippen molar-refractivity contribution < 1.29 is 4.79 Å². The Labute approximate surface area is 133 Å². The fraction of sp³-hybridized carbons (Fsp3) is 0.188. The second-order valence-electron chi connectivity index (χ2n) is 5.21. The third-order valence-electron chi connectivity index (χ3n) is 3.57. The molecule has 0 radical (unpaired) electrons. The molecule has 1 amide bonds. The Morgan fingerprint density at radius 3 is 2.57 bits per heavy atom. The summed E-state index contributed by atoms with van der Waals surface area (Å²) in [6, 6.07) is 5.35. The van der Waals surface area contributed by atoms with Gasteiger partial charge >= 0.3 is 0 Å². The predicted molar refractivity (Wildman–Crippen MR) is 86.6 cm³/mol. The molecule has 0 unspecified atom stereocenters. The van der Waals surface area contributed by atoms with E-state index in [-0.39, 0.29) is 11.7 Å². The maximum atomic E-state index is 12.4. The Morgan fingerprint density at radius 2 is 1.91 bits per heavy atom. The summed E-state index contributed by atoms with van der Waals surface area (Å²) in [5.74, 6) is 0.356. The number of carbonyl (C=O) groups is 1. The number of hydrogen-bond donors (Lipinski definition) is 2. The van der Waals surface area contributed by atoms with Crippen LogP contribution in [-0.2, 0) is 10.2 Å². The van der Waals surface area contributed by atoms with Crippen molar-refractivity contribution in [2.24, 2.45) is 10.7 Å². The maximum Gasteiger partial charge on any atom is 0.261 e. The Morgan fingerprint density at radius 1 is 1.22 bits per heavy atom. The molecule has 1 aliphatic carbocycles. The van der Waals surface area contributed by atoms with Crippen LogP contribution in [0.2, 0.25) is 0 Å². The molecule has 1 saturated carbocycles. The fourth-order valence-corrected chi connectivity index (χ4v) is 2.14. The molecule has 2 heterocycles. The molecule has 0 atom stereocenters. The summed E-state index contributed by atoms with van der Waals surface area (Å²) in [6.07, 6.45) is 11.2. The molecule has 0 aromatic carbocycles. The zero-order valence-corrected chi connectivity index (χ0v) is 12.4. The number of aliphatic imine (C=N–C) groups is 1. The van der Waals surface area contributed by atoms with Gasteiger partial charge in [-0.25, -0.2) is 9.97 Å². The second-order valence-corrected chi connectivity index (χ2v) is 5.21. The number of nitrogens with two attached hydrogens (primary N) is 1. The molecule has 0 saturated heterocycles. The fourth-order valence-electron chi connectivity index (χ4n) is 2.14. The lowest BCUT2D eigenvalue weighted by Crippen LogP contribution is -2.24. The number of amidine groups is 1. The van der Waals surface area contributed by atoms with Gasteiger partial charge in [0.2, 0.25) is 0 Å². The Hall–Kier alpha value is -3.09. The van der Waals surface area contributed by atoms with E-state index in [9.17, 15) is 4.79 Å². The molecule has 0 spiro atoms. The molecule has 7 heteroatoms. The van der Waals surface area contributed by atoms with Crippen LogP contribution >= 0.6 is 0 Å². The first-order chi connectivity index (χ1) is 11.2. The number of hydrogen-bond acceptors (Lipinski definition) is 5. The Bertz CT molecular complexity index is 738. The number of rotatable bonds is 5. The number of anilines is 1. The molecule has 116 valence electrons. The van der Waals surface area contributed by atoms with Crippen molar-refractivity contribution in [2.45, 2.75) is 18.3 Å². The van der Waals surface area contributed by atoms with Crippen molar-refractivity contribution in [2.75, 3.05) is 5.32 Å². The monoisotopic (exact) mass is 308 g/mol. The van der Waals surface area contributed by atoms with Gasteiger partial charge < -0.3 is 11.1 Å². The average Bonchev–Trinajstić information content (AvgIpc) is 3.38. The first-order valence-corrected chi connectivity index (χ1v) is 7.20. The van der Waals surface area contributed by atoms with Crippen molar-refractivity contribution in [1.29, 1.82) is 0 Å². The smallest absolute Gasteiger partial charge is 0.261 e. The van der Waals surface area contributed by atoms with Crippen LogP contribution in [0.1, 0.15) is 18.7 Å². The van der Waals surface area contributed by atoms with E-state index in [0.29, 0.717) is 18.7 Å². The SMILES string of the molecule is NC(/C=C\Nc1ccncc1)=NC(=O)C1(c2ncccn2)CC1. The number of amides is 1. The lowest BCUT2D eigenvalue weighted by molar-refractivity contribution is -0.120. The molecule has 7 nitrogen and oxygen atoms in total. The van der Waals surface area contributed by atoms with E-state index in [1.165, 1.54) is 0 Å². The molecule has 1 fully saturated rings. The number of nitrogens with one attached hydrogen (secondary N) is 1. The number of pyridine rings is 1. The normalized spacial score (nSPS) is 16.3. The van der Waals surface area contributed by atoms with E-state index < -0.39 is 5.41 Å². The maximum absolute atomic E-state index is 12.4. The molecular weight excluding hydrogens is 292 g/mol. The minimum Gasteiger partial charge on any atom is -0.384 e.